The molecule has 1 aliphatic heterocycles. The Hall–Kier alpha value is -3.84. The standard InChI is InChI=1S/C20H16N6O/c21-9-14-2-1-3-15(8-14)16-4-5-19-18(10-23-26(19)11-16)20(27)24-17-6-7-25(12-17)13-22/h1-5,8,10-11,17H,6-7,12H2,(H,24,27)/t17-/m1/s1. The van der Waals surface area contributed by atoms with Crippen molar-refractivity contribution < 1.29 is 4.79 Å². The van der Waals surface area contributed by atoms with Crippen LogP contribution in [0.1, 0.15) is 22.3 Å². The molecule has 3 aromatic rings. The van der Waals surface area contributed by atoms with Crippen molar-refractivity contribution in [2.45, 2.75) is 12.5 Å². The zero-order valence-corrected chi connectivity index (χ0v) is 14.5. The fourth-order valence-electron chi connectivity index (χ4n) is 3.33. The van der Waals surface area contributed by atoms with Gasteiger partial charge in [-0.1, -0.05) is 18.2 Å². The lowest BCUT2D eigenvalue weighted by Gasteiger charge is -2.11. The molecule has 1 aliphatic rings. The van der Waals surface area contributed by atoms with Crippen LogP contribution in [0.2, 0.25) is 0 Å². The van der Waals surface area contributed by atoms with Crippen LogP contribution in [0.3, 0.4) is 0 Å². The van der Waals surface area contributed by atoms with Crippen molar-refractivity contribution in [3.63, 3.8) is 0 Å². The fourth-order valence-corrected chi connectivity index (χ4v) is 3.33. The van der Waals surface area contributed by atoms with Crippen LogP contribution in [-0.4, -0.2) is 39.6 Å². The smallest absolute Gasteiger partial charge is 0.255 e. The van der Waals surface area contributed by atoms with Gasteiger partial charge in [0.1, 0.15) is 0 Å². The van der Waals surface area contributed by atoms with E-state index in [4.69, 9.17) is 10.5 Å². The largest absolute Gasteiger partial charge is 0.347 e. The van der Waals surface area contributed by atoms with Crippen molar-refractivity contribution in [3.8, 4) is 23.4 Å². The summed E-state index contributed by atoms with van der Waals surface area (Å²) in [6.07, 6.45) is 6.26. The molecule has 132 valence electrons. The number of pyridine rings is 1. The van der Waals surface area contributed by atoms with Crippen molar-refractivity contribution in [1.82, 2.24) is 19.8 Å². The molecule has 0 saturated carbocycles. The van der Waals surface area contributed by atoms with Crippen molar-refractivity contribution in [2.24, 2.45) is 0 Å². The molecule has 1 aromatic carbocycles. The highest BCUT2D eigenvalue weighted by atomic mass is 16.1. The van der Waals surface area contributed by atoms with Crippen LogP contribution in [0.4, 0.5) is 0 Å². The van der Waals surface area contributed by atoms with Crippen molar-refractivity contribution >= 4 is 11.4 Å². The van der Waals surface area contributed by atoms with Gasteiger partial charge >= 0.3 is 0 Å². The third kappa shape index (κ3) is 3.19. The van der Waals surface area contributed by atoms with Gasteiger partial charge in [-0.25, -0.2) is 4.52 Å². The van der Waals surface area contributed by atoms with Gasteiger partial charge in [0.05, 0.1) is 28.9 Å². The highest BCUT2D eigenvalue weighted by molar-refractivity contribution is 6.01. The molecule has 1 N–H and O–H groups in total. The number of fused-ring (bicyclic) bond motifs is 1. The molecule has 0 aliphatic carbocycles. The quantitative estimate of drug-likeness (QED) is 0.725. The van der Waals surface area contributed by atoms with Gasteiger partial charge in [-0.2, -0.15) is 15.6 Å². The molecule has 3 heterocycles. The van der Waals surface area contributed by atoms with Gasteiger partial charge in [0, 0.05) is 30.9 Å². The van der Waals surface area contributed by atoms with Gasteiger partial charge in [0.25, 0.3) is 5.91 Å². The summed E-state index contributed by atoms with van der Waals surface area (Å²) in [5.74, 6) is -0.186. The van der Waals surface area contributed by atoms with Crippen molar-refractivity contribution in [1.29, 1.82) is 10.5 Å². The van der Waals surface area contributed by atoms with E-state index in [0.29, 0.717) is 29.7 Å². The van der Waals surface area contributed by atoms with Crippen LogP contribution in [0, 0.1) is 22.8 Å². The lowest BCUT2D eigenvalue weighted by atomic mass is 10.0. The maximum absolute atomic E-state index is 12.6. The second-order valence-corrected chi connectivity index (χ2v) is 6.50. The van der Waals surface area contributed by atoms with Crippen molar-refractivity contribution in [3.05, 3.63) is 59.9 Å². The SMILES string of the molecule is N#Cc1cccc(-c2ccc3c(C(=O)N[C@@H]4CCN(C#N)C4)cnn3c2)c1. The van der Waals surface area contributed by atoms with Crippen LogP contribution < -0.4 is 5.32 Å². The minimum absolute atomic E-state index is 0.0277. The molecule has 0 unspecified atom stereocenters. The molecule has 4 rings (SSSR count). The third-order valence-electron chi connectivity index (χ3n) is 4.75. The topological polar surface area (TPSA) is 97.2 Å². The molecule has 0 bridgehead atoms. The summed E-state index contributed by atoms with van der Waals surface area (Å²) in [5.41, 5.74) is 3.64. The molecule has 1 amide bonds. The highest BCUT2D eigenvalue weighted by Crippen LogP contribution is 2.22. The Balaban J connectivity index is 1.58. The molecule has 7 nitrogen and oxygen atoms in total. The molecular formula is C20H16N6O. The molecule has 7 heteroatoms. The summed E-state index contributed by atoms with van der Waals surface area (Å²) in [5, 5.41) is 25.3. The lowest BCUT2D eigenvalue weighted by molar-refractivity contribution is 0.0940. The van der Waals surface area contributed by atoms with E-state index in [2.05, 4.69) is 22.7 Å². The normalized spacial score (nSPS) is 16.1. The van der Waals surface area contributed by atoms with E-state index in [0.717, 1.165) is 17.5 Å². The number of nitrogens with one attached hydrogen (secondary N) is 1. The summed E-state index contributed by atoms with van der Waals surface area (Å²) in [4.78, 5) is 14.2. The number of amides is 1. The fraction of sp³-hybridized carbons (Fsp3) is 0.200. The van der Waals surface area contributed by atoms with Gasteiger partial charge < -0.3 is 10.2 Å². The number of carbonyl (C=O) groups excluding carboxylic acids is 1. The zero-order valence-electron chi connectivity index (χ0n) is 14.5. The molecule has 27 heavy (non-hydrogen) atoms. The molecule has 2 aromatic heterocycles. The summed E-state index contributed by atoms with van der Waals surface area (Å²) in [6, 6.07) is 13.2. The van der Waals surface area contributed by atoms with E-state index in [1.165, 1.54) is 0 Å². The van der Waals surface area contributed by atoms with Crippen LogP contribution in [0.5, 0.6) is 0 Å². The van der Waals surface area contributed by atoms with Crippen LogP contribution >= 0.6 is 0 Å². The van der Waals surface area contributed by atoms with Gasteiger partial charge in [-0.05, 0) is 30.2 Å². The molecule has 0 spiro atoms. The number of hydrogen-bond donors (Lipinski definition) is 1. The first-order valence-corrected chi connectivity index (χ1v) is 8.61. The Morgan fingerprint density at radius 2 is 2.11 bits per heavy atom. The van der Waals surface area contributed by atoms with E-state index >= 15 is 0 Å². The predicted octanol–water partition coefficient (Wildman–Crippen LogP) is 2.16. The monoisotopic (exact) mass is 356 g/mol. The Morgan fingerprint density at radius 1 is 1.22 bits per heavy atom. The number of carbonyl (C=O) groups is 1. The van der Waals surface area contributed by atoms with E-state index in [1.54, 1.807) is 21.7 Å². The van der Waals surface area contributed by atoms with E-state index in [9.17, 15) is 4.79 Å². The number of likely N-dealkylation sites (tertiary alicyclic amines) is 1. The minimum atomic E-state index is -0.186. The first kappa shape index (κ1) is 16.6. The third-order valence-corrected chi connectivity index (χ3v) is 4.75. The van der Waals surface area contributed by atoms with E-state index in [-0.39, 0.29) is 11.9 Å². The number of benzene rings is 1. The summed E-state index contributed by atoms with van der Waals surface area (Å²) >= 11 is 0. The van der Waals surface area contributed by atoms with Gasteiger partial charge in [-0.15, -0.1) is 0 Å². The Bertz CT molecular complexity index is 1100. The first-order valence-electron chi connectivity index (χ1n) is 8.61. The maximum atomic E-state index is 12.6. The van der Waals surface area contributed by atoms with E-state index < -0.39 is 0 Å². The Labute approximate surface area is 156 Å². The average molecular weight is 356 g/mol. The number of nitrogens with zero attached hydrogens (tertiary/aromatic N) is 5. The summed E-state index contributed by atoms with van der Waals surface area (Å²) in [7, 11) is 0. The van der Waals surface area contributed by atoms with Crippen LogP contribution in [0.15, 0.2) is 48.8 Å². The van der Waals surface area contributed by atoms with Crippen LogP contribution in [-0.2, 0) is 0 Å². The number of rotatable bonds is 3. The predicted molar refractivity (Wildman–Crippen MR) is 98.4 cm³/mol. The second kappa shape index (κ2) is 6.81. The lowest BCUT2D eigenvalue weighted by Crippen LogP contribution is -2.36. The number of hydrogen-bond acceptors (Lipinski definition) is 5. The van der Waals surface area contributed by atoms with Gasteiger partial charge in [0.15, 0.2) is 6.19 Å². The first-order chi connectivity index (χ1) is 13.2. The molecular weight excluding hydrogens is 340 g/mol. The second-order valence-electron chi connectivity index (χ2n) is 6.50. The Morgan fingerprint density at radius 3 is 2.89 bits per heavy atom. The molecule has 1 fully saturated rings. The molecule has 1 atom stereocenters. The summed E-state index contributed by atoms with van der Waals surface area (Å²) in [6.45, 7) is 1.21. The number of aromatic nitrogens is 2. The van der Waals surface area contributed by atoms with E-state index in [1.807, 2.05) is 36.5 Å². The average Bonchev–Trinajstić information content (AvgIpc) is 3.34. The maximum Gasteiger partial charge on any atom is 0.255 e. The summed E-state index contributed by atoms with van der Waals surface area (Å²) < 4.78 is 1.67. The van der Waals surface area contributed by atoms with Crippen molar-refractivity contribution in [2.75, 3.05) is 13.1 Å². The van der Waals surface area contributed by atoms with Crippen LogP contribution in [0.25, 0.3) is 16.6 Å². The zero-order chi connectivity index (χ0) is 18.8. The minimum Gasteiger partial charge on any atom is -0.347 e. The highest BCUT2D eigenvalue weighted by Gasteiger charge is 2.24. The number of nitriles is 2. The van der Waals surface area contributed by atoms with Gasteiger partial charge in [0.2, 0.25) is 0 Å². The molecule has 0 radical (unpaired) electrons. The van der Waals surface area contributed by atoms with Gasteiger partial charge in [-0.3, -0.25) is 4.79 Å². The Kier molecular flexibility index (Phi) is 4.19. The molecule has 1 saturated heterocycles.